The van der Waals surface area contributed by atoms with Gasteiger partial charge >= 0.3 is 0 Å². The van der Waals surface area contributed by atoms with E-state index in [2.05, 4.69) is 5.32 Å². The number of carbonyl (C=O) groups is 1. The number of ether oxygens (including phenoxy) is 1. The second kappa shape index (κ2) is 6.41. The number of halogens is 1. The number of β-amino-alcohol motifs (C(OH)–C–C–N with tert-alkyl or cyclic N) is 2. The zero-order chi connectivity index (χ0) is 14.7. The molecular weight excluding hydrogens is 284 g/mol. The maximum Gasteiger partial charge on any atom is 0.238 e. The highest BCUT2D eigenvalue weighted by Gasteiger charge is 2.30. The van der Waals surface area contributed by atoms with E-state index in [4.69, 9.17) is 16.3 Å². The minimum absolute atomic E-state index is 0.109. The minimum atomic E-state index is -0.793. The number of benzene rings is 1. The van der Waals surface area contributed by atoms with Gasteiger partial charge < -0.3 is 20.3 Å². The summed E-state index contributed by atoms with van der Waals surface area (Å²) in [5.41, 5.74) is 0.570. The quantitative estimate of drug-likeness (QED) is 0.746. The van der Waals surface area contributed by atoms with Crippen molar-refractivity contribution in [1.29, 1.82) is 0 Å². The van der Waals surface area contributed by atoms with Gasteiger partial charge in [-0.3, -0.25) is 9.69 Å². The first-order chi connectivity index (χ1) is 9.49. The zero-order valence-electron chi connectivity index (χ0n) is 11.0. The summed E-state index contributed by atoms with van der Waals surface area (Å²) < 4.78 is 5.03. The Hall–Kier alpha value is -1.34. The number of amides is 1. The SMILES string of the molecule is COc1ccc(NC(=O)CN2C[C@@H](O)[C@@H](O)C2)cc1Cl. The first-order valence-electron chi connectivity index (χ1n) is 6.21. The molecule has 2 rings (SSSR count). The summed E-state index contributed by atoms with van der Waals surface area (Å²) in [5.74, 6) is 0.308. The molecule has 1 aromatic carbocycles. The summed E-state index contributed by atoms with van der Waals surface area (Å²) in [4.78, 5) is 13.5. The Morgan fingerprint density at radius 1 is 1.45 bits per heavy atom. The fourth-order valence-electron chi connectivity index (χ4n) is 2.12. The Morgan fingerprint density at radius 2 is 2.10 bits per heavy atom. The van der Waals surface area contributed by atoms with Crippen LogP contribution < -0.4 is 10.1 Å². The second-order valence-corrected chi connectivity index (χ2v) is 5.13. The third kappa shape index (κ3) is 3.61. The van der Waals surface area contributed by atoms with E-state index < -0.39 is 12.2 Å². The molecule has 1 saturated heterocycles. The maximum atomic E-state index is 11.9. The molecule has 6 nitrogen and oxygen atoms in total. The Kier molecular flexibility index (Phi) is 4.82. The van der Waals surface area contributed by atoms with Crippen LogP contribution in [0.15, 0.2) is 18.2 Å². The van der Waals surface area contributed by atoms with Crippen LogP contribution in [0.5, 0.6) is 5.75 Å². The molecular formula is C13H17ClN2O4. The number of rotatable bonds is 4. The van der Waals surface area contributed by atoms with E-state index in [1.165, 1.54) is 7.11 Å². The average Bonchev–Trinajstić information content (AvgIpc) is 2.68. The second-order valence-electron chi connectivity index (χ2n) is 4.73. The highest BCUT2D eigenvalue weighted by atomic mass is 35.5. The molecule has 0 saturated carbocycles. The number of likely N-dealkylation sites (tertiary alicyclic amines) is 1. The van der Waals surface area contributed by atoms with E-state index in [9.17, 15) is 15.0 Å². The number of hydrogen-bond donors (Lipinski definition) is 3. The van der Waals surface area contributed by atoms with Gasteiger partial charge in [0.15, 0.2) is 0 Å². The van der Waals surface area contributed by atoms with Crippen LogP contribution in [0, 0.1) is 0 Å². The van der Waals surface area contributed by atoms with Crippen LogP contribution in [0.2, 0.25) is 5.02 Å². The standard InChI is InChI=1S/C13H17ClN2O4/c1-20-12-3-2-8(4-9(12)14)15-13(19)7-16-5-10(17)11(18)6-16/h2-4,10-11,17-18H,5-7H2,1H3,(H,15,19)/t10-,11+. The van der Waals surface area contributed by atoms with Gasteiger partial charge in [-0.25, -0.2) is 0 Å². The molecule has 7 heteroatoms. The Morgan fingerprint density at radius 3 is 2.65 bits per heavy atom. The number of hydrogen-bond acceptors (Lipinski definition) is 5. The van der Waals surface area contributed by atoms with E-state index in [1.807, 2.05) is 0 Å². The molecule has 1 fully saturated rings. The summed E-state index contributed by atoms with van der Waals surface area (Å²) in [6, 6.07) is 4.96. The van der Waals surface area contributed by atoms with Gasteiger partial charge in [0.05, 0.1) is 30.9 Å². The number of nitrogens with zero attached hydrogens (tertiary/aromatic N) is 1. The summed E-state index contributed by atoms with van der Waals surface area (Å²) >= 11 is 5.97. The lowest BCUT2D eigenvalue weighted by molar-refractivity contribution is -0.117. The van der Waals surface area contributed by atoms with Crippen LogP contribution in [-0.2, 0) is 4.79 Å². The topological polar surface area (TPSA) is 82.0 Å². The van der Waals surface area contributed by atoms with Gasteiger partial charge in [0.1, 0.15) is 5.75 Å². The lowest BCUT2D eigenvalue weighted by Crippen LogP contribution is -2.32. The van der Waals surface area contributed by atoms with E-state index in [0.717, 1.165) is 0 Å². The van der Waals surface area contributed by atoms with Crippen molar-refractivity contribution in [3.05, 3.63) is 23.2 Å². The van der Waals surface area contributed by atoms with Gasteiger partial charge in [-0.15, -0.1) is 0 Å². The highest BCUT2D eigenvalue weighted by Crippen LogP contribution is 2.27. The first-order valence-corrected chi connectivity index (χ1v) is 6.59. The molecule has 0 bridgehead atoms. The van der Waals surface area contributed by atoms with Crippen LogP contribution in [0.3, 0.4) is 0 Å². The zero-order valence-corrected chi connectivity index (χ0v) is 11.8. The van der Waals surface area contributed by atoms with E-state index in [1.54, 1.807) is 23.1 Å². The molecule has 0 spiro atoms. The Labute approximate surface area is 121 Å². The summed E-state index contributed by atoms with van der Waals surface area (Å²) in [6.45, 7) is 0.688. The molecule has 0 aliphatic carbocycles. The maximum absolute atomic E-state index is 11.9. The van der Waals surface area contributed by atoms with E-state index in [0.29, 0.717) is 16.5 Å². The number of methoxy groups -OCH3 is 1. The predicted octanol–water partition coefficient (Wildman–Crippen LogP) is 0.324. The van der Waals surface area contributed by atoms with Crippen molar-refractivity contribution in [2.24, 2.45) is 0 Å². The number of anilines is 1. The Balaban J connectivity index is 1.90. The largest absolute Gasteiger partial charge is 0.495 e. The Bertz CT molecular complexity index is 487. The van der Waals surface area contributed by atoms with Crippen LogP contribution in [0.25, 0.3) is 0 Å². The molecule has 0 aromatic heterocycles. The van der Waals surface area contributed by atoms with E-state index >= 15 is 0 Å². The number of carbonyl (C=O) groups excluding carboxylic acids is 1. The van der Waals surface area contributed by atoms with Crippen LogP contribution in [0.4, 0.5) is 5.69 Å². The van der Waals surface area contributed by atoms with Crippen molar-refractivity contribution in [1.82, 2.24) is 4.90 Å². The molecule has 1 aliphatic rings. The number of aliphatic hydroxyl groups is 2. The van der Waals surface area contributed by atoms with Crippen LogP contribution >= 0.6 is 11.6 Å². The van der Waals surface area contributed by atoms with Gasteiger partial charge in [0.25, 0.3) is 0 Å². The molecule has 0 radical (unpaired) electrons. The molecule has 1 aromatic rings. The summed E-state index contributed by atoms with van der Waals surface area (Å²) in [7, 11) is 1.52. The molecule has 1 aliphatic heterocycles. The third-order valence-corrected chi connectivity index (χ3v) is 3.43. The predicted molar refractivity (Wildman–Crippen MR) is 75.1 cm³/mol. The van der Waals surface area contributed by atoms with Gasteiger partial charge in [-0.2, -0.15) is 0 Å². The molecule has 0 unspecified atom stereocenters. The van der Waals surface area contributed by atoms with Crippen molar-refractivity contribution < 1.29 is 19.7 Å². The minimum Gasteiger partial charge on any atom is -0.495 e. The van der Waals surface area contributed by atoms with Crippen molar-refractivity contribution >= 4 is 23.2 Å². The lowest BCUT2D eigenvalue weighted by Gasteiger charge is -2.14. The lowest BCUT2D eigenvalue weighted by atomic mass is 10.3. The molecule has 2 atom stereocenters. The third-order valence-electron chi connectivity index (χ3n) is 3.14. The van der Waals surface area contributed by atoms with Gasteiger partial charge in [0.2, 0.25) is 5.91 Å². The monoisotopic (exact) mass is 300 g/mol. The number of aliphatic hydroxyl groups excluding tert-OH is 2. The van der Waals surface area contributed by atoms with Gasteiger partial charge in [0, 0.05) is 18.8 Å². The van der Waals surface area contributed by atoms with Crippen molar-refractivity contribution in [2.75, 3.05) is 32.1 Å². The molecule has 20 heavy (non-hydrogen) atoms. The van der Waals surface area contributed by atoms with Gasteiger partial charge in [-0.1, -0.05) is 11.6 Å². The molecule has 1 heterocycles. The van der Waals surface area contributed by atoms with Gasteiger partial charge in [-0.05, 0) is 18.2 Å². The smallest absolute Gasteiger partial charge is 0.238 e. The normalized spacial score (nSPS) is 22.8. The van der Waals surface area contributed by atoms with Crippen molar-refractivity contribution in [3.8, 4) is 5.75 Å². The molecule has 3 N–H and O–H groups in total. The fraction of sp³-hybridized carbons (Fsp3) is 0.462. The molecule has 1 amide bonds. The van der Waals surface area contributed by atoms with E-state index in [-0.39, 0.29) is 25.5 Å². The highest BCUT2D eigenvalue weighted by molar-refractivity contribution is 6.32. The molecule has 110 valence electrons. The fourth-order valence-corrected chi connectivity index (χ4v) is 2.38. The van der Waals surface area contributed by atoms with Crippen LogP contribution in [0.1, 0.15) is 0 Å². The van der Waals surface area contributed by atoms with Crippen LogP contribution in [-0.4, -0.2) is 60.0 Å². The first kappa shape index (κ1) is 15.1. The number of nitrogens with one attached hydrogen (secondary N) is 1. The summed E-state index contributed by atoms with van der Waals surface area (Å²) in [6.07, 6.45) is -1.59. The average molecular weight is 301 g/mol. The van der Waals surface area contributed by atoms with Crippen molar-refractivity contribution in [3.63, 3.8) is 0 Å². The summed E-state index contributed by atoms with van der Waals surface area (Å²) in [5, 5.41) is 21.9. The van der Waals surface area contributed by atoms with Crippen molar-refractivity contribution in [2.45, 2.75) is 12.2 Å².